The Kier molecular flexibility index (Phi) is 3.11. The Bertz CT molecular complexity index is 359. The fourth-order valence-corrected chi connectivity index (χ4v) is 1.88. The summed E-state index contributed by atoms with van der Waals surface area (Å²) in [5.41, 5.74) is 0. The van der Waals surface area contributed by atoms with E-state index < -0.39 is 12.0 Å². The lowest BCUT2D eigenvalue weighted by Gasteiger charge is -2.11. The molecule has 2 N–H and O–H groups in total. The molecule has 1 aromatic heterocycles. The van der Waals surface area contributed by atoms with Crippen LogP contribution in [0.15, 0.2) is 21.2 Å². The Hall–Kier alpha value is -0.810. The molecule has 0 aromatic carbocycles. The zero-order chi connectivity index (χ0) is 10.8. The molecule has 2 rings (SSSR count). The molecule has 4 nitrogen and oxygen atoms in total. The third-order valence-electron chi connectivity index (χ3n) is 2.48. The normalized spacial score (nSPS) is 17.7. The molecule has 1 unspecified atom stereocenters. The summed E-state index contributed by atoms with van der Waals surface area (Å²) in [4.78, 5) is 10.9. The molecule has 1 saturated carbocycles. The summed E-state index contributed by atoms with van der Waals surface area (Å²) in [6, 6.07) is 3.18. The van der Waals surface area contributed by atoms with Gasteiger partial charge in [-0.25, -0.2) is 0 Å². The summed E-state index contributed by atoms with van der Waals surface area (Å²) < 4.78 is 5.94. The van der Waals surface area contributed by atoms with E-state index in [0.29, 0.717) is 17.1 Å². The lowest BCUT2D eigenvalue weighted by molar-refractivity contribution is -0.140. The first-order chi connectivity index (χ1) is 7.16. The van der Waals surface area contributed by atoms with Crippen molar-refractivity contribution in [1.82, 2.24) is 5.32 Å². The van der Waals surface area contributed by atoms with Gasteiger partial charge in [-0.2, -0.15) is 0 Å². The van der Waals surface area contributed by atoms with Gasteiger partial charge in [0.15, 0.2) is 4.67 Å². The van der Waals surface area contributed by atoms with Gasteiger partial charge >= 0.3 is 5.97 Å². The van der Waals surface area contributed by atoms with Crippen LogP contribution in [0.5, 0.6) is 0 Å². The summed E-state index contributed by atoms with van der Waals surface area (Å²) in [6.07, 6.45) is 2.01. The van der Waals surface area contributed by atoms with Crippen LogP contribution in [-0.4, -0.2) is 17.1 Å². The molecule has 1 aliphatic carbocycles. The second-order valence-corrected chi connectivity index (χ2v) is 4.52. The zero-order valence-electron chi connectivity index (χ0n) is 8.07. The molecule has 0 radical (unpaired) electrons. The van der Waals surface area contributed by atoms with E-state index >= 15 is 0 Å². The van der Waals surface area contributed by atoms with Crippen LogP contribution >= 0.6 is 15.9 Å². The predicted octanol–water partition coefficient (Wildman–Crippen LogP) is 1.99. The highest BCUT2D eigenvalue weighted by molar-refractivity contribution is 9.10. The van der Waals surface area contributed by atoms with Crippen LogP contribution in [0, 0.1) is 5.92 Å². The smallest absolute Gasteiger partial charge is 0.320 e. The van der Waals surface area contributed by atoms with Crippen molar-refractivity contribution in [2.75, 3.05) is 0 Å². The molecule has 1 atom stereocenters. The van der Waals surface area contributed by atoms with E-state index in [-0.39, 0.29) is 0 Å². The van der Waals surface area contributed by atoms with Crippen molar-refractivity contribution in [2.24, 2.45) is 5.92 Å². The predicted molar refractivity (Wildman–Crippen MR) is 57.4 cm³/mol. The van der Waals surface area contributed by atoms with E-state index in [1.54, 1.807) is 6.07 Å². The molecule has 1 aromatic rings. The average molecular weight is 274 g/mol. The molecule has 15 heavy (non-hydrogen) atoms. The second kappa shape index (κ2) is 4.37. The fraction of sp³-hybridized carbons (Fsp3) is 0.500. The first-order valence-corrected chi connectivity index (χ1v) is 5.66. The largest absolute Gasteiger partial charge is 0.480 e. The second-order valence-electron chi connectivity index (χ2n) is 3.74. The molecule has 1 heterocycles. The third-order valence-corrected chi connectivity index (χ3v) is 2.91. The molecule has 0 aliphatic heterocycles. The van der Waals surface area contributed by atoms with E-state index in [4.69, 9.17) is 9.52 Å². The Labute approximate surface area is 95.8 Å². The van der Waals surface area contributed by atoms with Gasteiger partial charge in [0.05, 0.1) is 6.54 Å². The maximum absolute atomic E-state index is 10.9. The number of carboxylic acid groups (broad SMARTS) is 1. The molecular formula is C10H12BrNO3. The Morgan fingerprint density at radius 1 is 1.67 bits per heavy atom. The third kappa shape index (κ3) is 2.82. The maximum atomic E-state index is 10.9. The minimum atomic E-state index is -0.775. The molecule has 0 saturated heterocycles. The van der Waals surface area contributed by atoms with Crippen LogP contribution in [0.25, 0.3) is 0 Å². The SMILES string of the molecule is O=C(O)C(NCc1ccc(Br)o1)C1CC1. The highest BCUT2D eigenvalue weighted by atomic mass is 79.9. The average Bonchev–Trinajstić information content (AvgIpc) is 2.90. The maximum Gasteiger partial charge on any atom is 0.320 e. The summed E-state index contributed by atoms with van der Waals surface area (Å²) in [5.74, 6) is 0.262. The molecule has 1 fully saturated rings. The van der Waals surface area contributed by atoms with Crippen LogP contribution in [-0.2, 0) is 11.3 Å². The van der Waals surface area contributed by atoms with E-state index in [1.165, 1.54) is 0 Å². The van der Waals surface area contributed by atoms with E-state index in [0.717, 1.165) is 18.6 Å². The first kappa shape index (κ1) is 10.7. The van der Waals surface area contributed by atoms with Crippen molar-refractivity contribution < 1.29 is 14.3 Å². The van der Waals surface area contributed by atoms with Crippen molar-refractivity contribution >= 4 is 21.9 Å². The summed E-state index contributed by atoms with van der Waals surface area (Å²) in [6.45, 7) is 0.457. The Balaban J connectivity index is 1.87. The monoisotopic (exact) mass is 273 g/mol. The van der Waals surface area contributed by atoms with Gasteiger partial charge in [-0.05, 0) is 46.8 Å². The van der Waals surface area contributed by atoms with Crippen LogP contribution in [0.1, 0.15) is 18.6 Å². The molecule has 1 aliphatic rings. The first-order valence-electron chi connectivity index (χ1n) is 4.87. The zero-order valence-corrected chi connectivity index (χ0v) is 9.66. The molecule has 82 valence electrons. The number of carbonyl (C=O) groups is 1. The number of nitrogens with one attached hydrogen (secondary N) is 1. The van der Waals surface area contributed by atoms with Crippen molar-refractivity contribution in [1.29, 1.82) is 0 Å². The lowest BCUT2D eigenvalue weighted by Crippen LogP contribution is -2.37. The highest BCUT2D eigenvalue weighted by Gasteiger charge is 2.35. The van der Waals surface area contributed by atoms with Gasteiger partial charge in [-0.3, -0.25) is 10.1 Å². The van der Waals surface area contributed by atoms with Gasteiger partial charge in [-0.15, -0.1) is 0 Å². The highest BCUT2D eigenvalue weighted by Crippen LogP contribution is 2.32. The molecule has 0 amide bonds. The molecule has 0 spiro atoms. The lowest BCUT2D eigenvalue weighted by atomic mass is 10.2. The van der Waals surface area contributed by atoms with E-state index in [1.807, 2.05) is 6.07 Å². The molecule has 5 heteroatoms. The fourth-order valence-electron chi connectivity index (χ4n) is 1.54. The van der Waals surface area contributed by atoms with Crippen LogP contribution < -0.4 is 5.32 Å². The number of furan rings is 1. The minimum Gasteiger partial charge on any atom is -0.480 e. The summed E-state index contributed by atoms with van der Waals surface area (Å²) in [5, 5.41) is 12.0. The number of carboxylic acids is 1. The van der Waals surface area contributed by atoms with Crippen molar-refractivity contribution in [3.05, 3.63) is 22.6 Å². The number of halogens is 1. The molecule has 0 bridgehead atoms. The quantitative estimate of drug-likeness (QED) is 0.862. The van der Waals surface area contributed by atoms with Crippen LogP contribution in [0.3, 0.4) is 0 Å². The van der Waals surface area contributed by atoms with Gasteiger partial charge in [0.1, 0.15) is 11.8 Å². The van der Waals surface area contributed by atoms with Gasteiger partial charge < -0.3 is 9.52 Å². The molecular weight excluding hydrogens is 262 g/mol. The number of rotatable bonds is 5. The standard InChI is InChI=1S/C10H12BrNO3/c11-8-4-3-7(15-8)5-12-9(10(13)14)6-1-2-6/h3-4,6,9,12H,1-2,5H2,(H,13,14). The summed E-state index contributed by atoms with van der Waals surface area (Å²) >= 11 is 3.20. The van der Waals surface area contributed by atoms with Gasteiger partial charge in [0.25, 0.3) is 0 Å². The van der Waals surface area contributed by atoms with E-state index in [9.17, 15) is 4.79 Å². The van der Waals surface area contributed by atoms with Gasteiger partial charge in [-0.1, -0.05) is 0 Å². The summed E-state index contributed by atoms with van der Waals surface area (Å²) in [7, 11) is 0. The number of aliphatic carboxylic acids is 1. The van der Waals surface area contributed by atoms with E-state index in [2.05, 4.69) is 21.2 Å². The van der Waals surface area contributed by atoms with Crippen molar-refractivity contribution in [2.45, 2.75) is 25.4 Å². The topological polar surface area (TPSA) is 62.5 Å². The Morgan fingerprint density at radius 3 is 2.87 bits per heavy atom. The van der Waals surface area contributed by atoms with Crippen molar-refractivity contribution in [3.8, 4) is 0 Å². The van der Waals surface area contributed by atoms with Crippen molar-refractivity contribution in [3.63, 3.8) is 0 Å². The van der Waals surface area contributed by atoms with Crippen LogP contribution in [0.4, 0.5) is 0 Å². The number of hydrogen-bond donors (Lipinski definition) is 2. The van der Waals surface area contributed by atoms with Gasteiger partial charge in [0, 0.05) is 0 Å². The number of hydrogen-bond acceptors (Lipinski definition) is 3. The minimum absolute atomic E-state index is 0.293. The van der Waals surface area contributed by atoms with Crippen LogP contribution in [0.2, 0.25) is 0 Å². The van der Waals surface area contributed by atoms with Gasteiger partial charge in [0.2, 0.25) is 0 Å². The Morgan fingerprint density at radius 2 is 2.40 bits per heavy atom.